The minimum atomic E-state index is -0.352. The average molecular weight is 330 g/mol. The Morgan fingerprint density at radius 1 is 1.12 bits per heavy atom. The third kappa shape index (κ3) is 2.90. The van der Waals surface area contributed by atoms with Crippen molar-refractivity contribution < 1.29 is 23.8 Å². The second-order valence-electron chi connectivity index (χ2n) is 7.12. The van der Waals surface area contributed by atoms with E-state index in [9.17, 15) is 9.59 Å². The van der Waals surface area contributed by atoms with E-state index in [1.165, 1.54) is 0 Å². The van der Waals surface area contributed by atoms with Crippen molar-refractivity contribution in [2.45, 2.75) is 39.0 Å². The lowest BCUT2D eigenvalue weighted by Crippen LogP contribution is -2.34. The van der Waals surface area contributed by atoms with Crippen LogP contribution >= 0.6 is 0 Å². The zero-order chi connectivity index (χ0) is 17.5. The summed E-state index contributed by atoms with van der Waals surface area (Å²) < 4.78 is 16.2. The quantitative estimate of drug-likeness (QED) is 0.795. The molecule has 24 heavy (non-hydrogen) atoms. The van der Waals surface area contributed by atoms with Crippen molar-refractivity contribution in [2.75, 3.05) is 14.2 Å². The number of allylic oxidation sites excluding steroid dienone is 2. The van der Waals surface area contributed by atoms with E-state index in [0.29, 0.717) is 35.7 Å². The van der Waals surface area contributed by atoms with E-state index in [1.54, 1.807) is 26.4 Å². The molecule has 2 aliphatic rings. The smallest absolute Gasteiger partial charge is 0.311 e. The molecule has 1 aromatic rings. The lowest BCUT2D eigenvalue weighted by atomic mass is 9.71. The summed E-state index contributed by atoms with van der Waals surface area (Å²) in [7, 11) is 3.16. The molecule has 1 aliphatic carbocycles. The van der Waals surface area contributed by atoms with Crippen molar-refractivity contribution in [3.05, 3.63) is 35.1 Å². The summed E-state index contributed by atoms with van der Waals surface area (Å²) in [6.45, 7) is 4.02. The van der Waals surface area contributed by atoms with Crippen molar-refractivity contribution in [2.24, 2.45) is 5.41 Å². The van der Waals surface area contributed by atoms with Gasteiger partial charge in [-0.15, -0.1) is 0 Å². The van der Waals surface area contributed by atoms with Gasteiger partial charge in [0.2, 0.25) is 0 Å². The number of Topliss-reactive ketones (excluding diaryl/α,β-unsaturated/α-hetero) is 1. The summed E-state index contributed by atoms with van der Waals surface area (Å²) in [5.74, 6) is 1.20. The van der Waals surface area contributed by atoms with Gasteiger partial charge in [0.25, 0.3) is 0 Å². The van der Waals surface area contributed by atoms with Crippen LogP contribution in [0.5, 0.6) is 11.5 Å². The molecule has 0 fully saturated rings. The number of benzene rings is 1. The summed E-state index contributed by atoms with van der Waals surface area (Å²) in [5, 5.41) is 0. The van der Waals surface area contributed by atoms with Crippen molar-refractivity contribution in [1.82, 2.24) is 0 Å². The van der Waals surface area contributed by atoms with E-state index in [0.717, 1.165) is 5.56 Å². The van der Waals surface area contributed by atoms with Crippen LogP contribution in [0.3, 0.4) is 0 Å². The van der Waals surface area contributed by atoms with Crippen molar-refractivity contribution in [3.8, 4) is 11.5 Å². The maximum absolute atomic E-state index is 12.8. The molecule has 0 N–H and O–H groups in total. The number of methoxy groups -OCH3 is 2. The topological polar surface area (TPSA) is 61.8 Å². The molecule has 0 amide bonds. The predicted octanol–water partition coefficient (Wildman–Crippen LogP) is 3.38. The van der Waals surface area contributed by atoms with Crippen molar-refractivity contribution in [1.29, 1.82) is 0 Å². The van der Waals surface area contributed by atoms with Gasteiger partial charge in [-0.3, -0.25) is 9.59 Å². The van der Waals surface area contributed by atoms with Gasteiger partial charge in [-0.25, -0.2) is 0 Å². The normalized spacial score (nSPS) is 22.8. The van der Waals surface area contributed by atoms with Crippen LogP contribution in [0.4, 0.5) is 0 Å². The van der Waals surface area contributed by atoms with Gasteiger partial charge in [-0.1, -0.05) is 13.8 Å². The molecule has 0 saturated carbocycles. The minimum absolute atomic E-state index is 0.0450. The van der Waals surface area contributed by atoms with Crippen LogP contribution in [0.2, 0.25) is 0 Å². The number of hydrogen-bond donors (Lipinski definition) is 0. The van der Waals surface area contributed by atoms with Gasteiger partial charge < -0.3 is 14.2 Å². The Morgan fingerprint density at radius 3 is 2.54 bits per heavy atom. The monoisotopic (exact) mass is 330 g/mol. The number of carbonyl (C=O) groups excluding carboxylic acids is 2. The van der Waals surface area contributed by atoms with Gasteiger partial charge in [-0.2, -0.15) is 0 Å². The molecule has 1 aromatic carbocycles. The highest BCUT2D eigenvalue weighted by Crippen LogP contribution is 2.47. The Hall–Kier alpha value is -2.30. The van der Waals surface area contributed by atoms with E-state index in [1.807, 2.05) is 19.9 Å². The van der Waals surface area contributed by atoms with Crippen LogP contribution < -0.4 is 9.47 Å². The van der Waals surface area contributed by atoms with Crippen LogP contribution in [-0.4, -0.2) is 26.0 Å². The molecule has 1 aliphatic heterocycles. The molecule has 1 heterocycles. The third-order valence-corrected chi connectivity index (χ3v) is 4.65. The van der Waals surface area contributed by atoms with Crippen molar-refractivity contribution in [3.63, 3.8) is 0 Å². The summed E-state index contributed by atoms with van der Waals surface area (Å²) in [6, 6.07) is 5.43. The SMILES string of the molecule is COc1ccc(OC)c([C@H]2CC(=O)OC3=C2C(=O)CC(C)(C)C3)c1. The van der Waals surface area contributed by atoms with Gasteiger partial charge in [0, 0.05) is 29.9 Å². The first-order valence-electron chi connectivity index (χ1n) is 8.03. The summed E-state index contributed by atoms with van der Waals surface area (Å²) in [6.07, 6.45) is 1.17. The Morgan fingerprint density at radius 2 is 1.88 bits per heavy atom. The van der Waals surface area contributed by atoms with E-state index in [2.05, 4.69) is 0 Å². The highest BCUT2D eigenvalue weighted by Gasteiger charge is 2.42. The van der Waals surface area contributed by atoms with E-state index >= 15 is 0 Å². The number of ether oxygens (including phenoxy) is 3. The molecule has 0 saturated heterocycles. The Labute approximate surface area is 141 Å². The Balaban J connectivity index is 2.13. The lowest BCUT2D eigenvalue weighted by Gasteiger charge is -2.37. The number of rotatable bonds is 3. The number of carbonyl (C=O) groups is 2. The van der Waals surface area contributed by atoms with Crippen molar-refractivity contribution >= 4 is 11.8 Å². The number of esters is 1. The van der Waals surface area contributed by atoms with Crippen LogP contribution in [0, 0.1) is 5.41 Å². The molecular weight excluding hydrogens is 308 g/mol. The first kappa shape index (κ1) is 16.6. The molecule has 3 rings (SSSR count). The first-order chi connectivity index (χ1) is 11.3. The van der Waals surface area contributed by atoms with Gasteiger partial charge >= 0.3 is 5.97 Å². The second kappa shape index (κ2) is 5.96. The number of hydrogen-bond acceptors (Lipinski definition) is 5. The predicted molar refractivity (Wildman–Crippen MR) is 88.0 cm³/mol. The molecule has 0 radical (unpaired) electrons. The van der Waals surface area contributed by atoms with E-state index < -0.39 is 0 Å². The molecular formula is C19H22O5. The maximum Gasteiger partial charge on any atom is 0.311 e. The molecule has 0 unspecified atom stereocenters. The van der Waals surface area contributed by atoms with Gasteiger partial charge in [0.05, 0.1) is 20.6 Å². The highest BCUT2D eigenvalue weighted by molar-refractivity contribution is 6.00. The maximum atomic E-state index is 12.8. The van der Waals surface area contributed by atoms with Crippen LogP contribution in [-0.2, 0) is 14.3 Å². The fraction of sp³-hybridized carbons (Fsp3) is 0.474. The molecule has 1 atom stereocenters. The van der Waals surface area contributed by atoms with Crippen LogP contribution in [0.1, 0.15) is 44.6 Å². The Kier molecular flexibility index (Phi) is 4.11. The fourth-order valence-corrected chi connectivity index (χ4v) is 3.58. The van der Waals surface area contributed by atoms with E-state index in [-0.39, 0.29) is 29.5 Å². The summed E-state index contributed by atoms with van der Waals surface area (Å²) in [4.78, 5) is 24.9. The lowest BCUT2D eigenvalue weighted by molar-refractivity contribution is -0.142. The molecule has 0 bridgehead atoms. The van der Waals surface area contributed by atoms with Crippen LogP contribution in [0.25, 0.3) is 0 Å². The molecule has 5 heteroatoms. The largest absolute Gasteiger partial charge is 0.497 e. The van der Waals surface area contributed by atoms with Gasteiger partial charge in [0.15, 0.2) is 5.78 Å². The summed E-state index contributed by atoms with van der Waals surface area (Å²) >= 11 is 0. The summed E-state index contributed by atoms with van der Waals surface area (Å²) in [5.41, 5.74) is 1.20. The molecule has 0 spiro atoms. The number of ketones is 1. The van der Waals surface area contributed by atoms with E-state index in [4.69, 9.17) is 14.2 Å². The molecule has 128 valence electrons. The minimum Gasteiger partial charge on any atom is -0.497 e. The zero-order valence-electron chi connectivity index (χ0n) is 14.5. The van der Waals surface area contributed by atoms with Crippen LogP contribution in [0.15, 0.2) is 29.5 Å². The zero-order valence-corrected chi connectivity index (χ0v) is 14.5. The fourth-order valence-electron chi connectivity index (χ4n) is 3.58. The van der Waals surface area contributed by atoms with Gasteiger partial charge in [0.1, 0.15) is 17.3 Å². The standard InChI is InChI=1S/C19H22O5/c1-19(2)9-14(20)18-13(8-17(21)24-16(18)10-19)12-7-11(22-3)5-6-15(12)23-4/h5-7,13H,8-10H2,1-4H3/t13-/m1/s1. The molecule has 5 nitrogen and oxygen atoms in total. The van der Waals surface area contributed by atoms with Gasteiger partial charge in [-0.05, 0) is 23.6 Å². The highest BCUT2D eigenvalue weighted by atomic mass is 16.5. The first-order valence-corrected chi connectivity index (χ1v) is 8.03. The second-order valence-corrected chi connectivity index (χ2v) is 7.12. The average Bonchev–Trinajstić information content (AvgIpc) is 2.51. The Bertz CT molecular complexity index is 729. The third-order valence-electron chi connectivity index (χ3n) is 4.65. The molecule has 0 aromatic heterocycles.